The van der Waals surface area contributed by atoms with Gasteiger partial charge in [0, 0.05) is 25.2 Å². The molecule has 1 N–H and O–H groups in total. The number of hydrogen-bond acceptors (Lipinski definition) is 2. The summed E-state index contributed by atoms with van der Waals surface area (Å²) in [6.07, 6.45) is 2.60. The topological polar surface area (TPSA) is 15.3 Å². The highest BCUT2D eigenvalue weighted by molar-refractivity contribution is 6.33. The van der Waals surface area contributed by atoms with E-state index >= 15 is 0 Å². The van der Waals surface area contributed by atoms with E-state index in [0.29, 0.717) is 5.02 Å². The fourth-order valence-electron chi connectivity index (χ4n) is 2.94. The Balaban J connectivity index is 1.85. The summed E-state index contributed by atoms with van der Waals surface area (Å²) in [5.74, 6) is 0.536. The molecular weight excluding hydrogens is 251 g/mol. The quantitative estimate of drug-likeness (QED) is 0.887. The van der Waals surface area contributed by atoms with Crippen LogP contribution in [0.15, 0.2) is 18.2 Å². The molecule has 3 rings (SSSR count). The molecule has 1 aliphatic heterocycles. The predicted octanol–water partition coefficient (Wildman–Crippen LogP) is 3.06. The molecule has 0 bridgehead atoms. The lowest BCUT2D eigenvalue weighted by Crippen LogP contribution is -2.60. The van der Waals surface area contributed by atoms with Crippen molar-refractivity contribution in [1.82, 2.24) is 5.32 Å². The maximum atomic E-state index is 13.4. The Morgan fingerprint density at radius 2 is 2.22 bits per heavy atom. The zero-order valence-electron chi connectivity index (χ0n) is 10.5. The van der Waals surface area contributed by atoms with Crippen LogP contribution >= 0.6 is 11.6 Å². The third kappa shape index (κ3) is 2.21. The minimum absolute atomic E-state index is 0.147. The van der Waals surface area contributed by atoms with Crippen molar-refractivity contribution < 1.29 is 4.39 Å². The summed E-state index contributed by atoms with van der Waals surface area (Å²) in [5, 5.41) is 4.25. The smallest absolute Gasteiger partial charge is 0.125 e. The van der Waals surface area contributed by atoms with Crippen molar-refractivity contribution in [3.05, 3.63) is 29.0 Å². The van der Waals surface area contributed by atoms with Crippen LogP contribution in [-0.2, 0) is 0 Å². The number of nitrogens with one attached hydrogen (secondary N) is 1. The van der Waals surface area contributed by atoms with E-state index in [1.165, 1.54) is 18.9 Å². The minimum atomic E-state index is -0.221. The van der Waals surface area contributed by atoms with Gasteiger partial charge in [0.25, 0.3) is 0 Å². The van der Waals surface area contributed by atoms with Gasteiger partial charge in [0.15, 0.2) is 0 Å². The van der Waals surface area contributed by atoms with E-state index in [2.05, 4.69) is 17.1 Å². The number of hydrogen-bond donors (Lipinski definition) is 1. The van der Waals surface area contributed by atoms with Gasteiger partial charge in [0.05, 0.1) is 10.7 Å². The molecule has 1 aromatic carbocycles. The van der Waals surface area contributed by atoms with E-state index in [4.69, 9.17) is 11.6 Å². The standard InChI is InChI=1S/C14H18ClFN2/c1-14(10-2-3-10)9-18(7-6-17-14)13-8-11(16)4-5-12(13)15/h4-5,8,10,17H,2-3,6-7,9H2,1H3. The summed E-state index contributed by atoms with van der Waals surface area (Å²) in [6, 6.07) is 4.60. The van der Waals surface area contributed by atoms with Crippen LogP contribution in [0.4, 0.5) is 10.1 Å². The lowest BCUT2D eigenvalue weighted by molar-refractivity contribution is 0.285. The molecule has 1 aromatic rings. The van der Waals surface area contributed by atoms with Gasteiger partial charge in [-0.1, -0.05) is 11.6 Å². The normalized spacial score (nSPS) is 28.5. The Bertz CT molecular complexity index is 461. The molecular formula is C14H18ClFN2. The SMILES string of the molecule is CC1(C2CC2)CN(c2cc(F)ccc2Cl)CCN1. The van der Waals surface area contributed by atoms with Gasteiger partial charge in [-0.05, 0) is 43.9 Å². The molecule has 18 heavy (non-hydrogen) atoms. The van der Waals surface area contributed by atoms with Gasteiger partial charge < -0.3 is 10.2 Å². The average Bonchev–Trinajstić information content (AvgIpc) is 3.17. The number of nitrogens with zero attached hydrogens (tertiary/aromatic N) is 1. The average molecular weight is 269 g/mol. The molecule has 0 aromatic heterocycles. The fraction of sp³-hybridized carbons (Fsp3) is 0.571. The summed E-state index contributed by atoms with van der Waals surface area (Å²) in [4.78, 5) is 2.21. The highest BCUT2D eigenvalue weighted by atomic mass is 35.5. The first kappa shape index (κ1) is 12.2. The Kier molecular flexibility index (Phi) is 2.99. The van der Waals surface area contributed by atoms with E-state index in [-0.39, 0.29) is 11.4 Å². The largest absolute Gasteiger partial charge is 0.367 e. The molecule has 1 unspecified atom stereocenters. The van der Waals surface area contributed by atoms with E-state index in [1.807, 2.05) is 0 Å². The van der Waals surface area contributed by atoms with Crippen LogP contribution in [0.2, 0.25) is 5.02 Å². The highest BCUT2D eigenvalue weighted by Gasteiger charge is 2.44. The Hall–Kier alpha value is -0.800. The third-order valence-corrected chi connectivity index (χ3v) is 4.48. The van der Waals surface area contributed by atoms with Crippen LogP contribution in [-0.4, -0.2) is 25.2 Å². The van der Waals surface area contributed by atoms with Gasteiger partial charge in [-0.2, -0.15) is 0 Å². The van der Waals surface area contributed by atoms with Crippen LogP contribution < -0.4 is 10.2 Å². The Morgan fingerprint density at radius 3 is 2.94 bits per heavy atom. The molecule has 0 amide bonds. The van der Waals surface area contributed by atoms with Crippen LogP contribution in [0.5, 0.6) is 0 Å². The van der Waals surface area contributed by atoms with Crippen LogP contribution in [0.1, 0.15) is 19.8 Å². The highest BCUT2D eigenvalue weighted by Crippen LogP contribution is 2.42. The number of benzene rings is 1. The molecule has 0 spiro atoms. The number of piperazine rings is 1. The summed E-state index contributed by atoms with van der Waals surface area (Å²) in [6.45, 7) is 4.98. The van der Waals surface area contributed by atoms with E-state index in [1.54, 1.807) is 12.1 Å². The van der Waals surface area contributed by atoms with Crippen molar-refractivity contribution in [3.8, 4) is 0 Å². The van der Waals surface area contributed by atoms with E-state index in [9.17, 15) is 4.39 Å². The van der Waals surface area contributed by atoms with Gasteiger partial charge in [-0.15, -0.1) is 0 Å². The summed E-state index contributed by atoms with van der Waals surface area (Å²) >= 11 is 6.19. The first-order chi connectivity index (χ1) is 8.58. The molecule has 1 saturated carbocycles. The Labute approximate surface area is 112 Å². The lowest BCUT2D eigenvalue weighted by atomic mass is 9.92. The van der Waals surface area contributed by atoms with Gasteiger partial charge in [0.2, 0.25) is 0 Å². The van der Waals surface area contributed by atoms with Crippen molar-refractivity contribution in [2.75, 3.05) is 24.5 Å². The summed E-state index contributed by atoms with van der Waals surface area (Å²) in [7, 11) is 0. The van der Waals surface area contributed by atoms with Crippen LogP contribution in [0.3, 0.4) is 0 Å². The second kappa shape index (κ2) is 4.39. The zero-order valence-corrected chi connectivity index (χ0v) is 11.3. The van der Waals surface area contributed by atoms with Crippen molar-refractivity contribution in [2.24, 2.45) is 5.92 Å². The minimum Gasteiger partial charge on any atom is -0.367 e. The zero-order chi connectivity index (χ0) is 12.8. The van der Waals surface area contributed by atoms with Gasteiger partial charge in [-0.25, -0.2) is 4.39 Å². The number of rotatable bonds is 2. The van der Waals surface area contributed by atoms with E-state index < -0.39 is 0 Å². The first-order valence-electron chi connectivity index (χ1n) is 6.53. The molecule has 0 radical (unpaired) electrons. The summed E-state index contributed by atoms with van der Waals surface area (Å²) < 4.78 is 13.4. The molecule has 2 fully saturated rings. The van der Waals surface area contributed by atoms with Crippen molar-refractivity contribution in [2.45, 2.75) is 25.3 Å². The first-order valence-corrected chi connectivity index (χ1v) is 6.91. The molecule has 1 atom stereocenters. The fourth-order valence-corrected chi connectivity index (χ4v) is 3.17. The Morgan fingerprint density at radius 1 is 1.44 bits per heavy atom. The summed E-state index contributed by atoms with van der Waals surface area (Å²) in [5.41, 5.74) is 0.971. The molecule has 4 heteroatoms. The van der Waals surface area contributed by atoms with E-state index in [0.717, 1.165) is 31.2 Å². The van der Waals surface area contributed by atoms with Crippen molar-refractivity contribution >= 4 is 17.3 Å². The molecule has 1 aliphatic carbocycles. The predicted molar refractivity (Wildman–Crippen MR) is 72.8 cm³/mol. The maximum absolute atomic E-state index is 13.4. The molecule has 1 heterocycles. The van der Waals surface area contributed by atoms with Crippen LogP contribution in [0, 0.1) is 11.7 Å². The maximum Gasteiger partial charge on any atom is 0.125 e. The monoisotopic (exact) mass is 268 g/mol. The lowest BCUT2D eigenvalue weighted by Gasteiger charge is -2.43. The second-order valence-corrected chi connectivity index (χ2v) is 6.04. The van der Waals surface area contributed by atoms with Gasteiger partial charge >= 0.3 is 0 Å². The van der Waals surface area contributed by atoms with Gasteiger partial charge in [-0.3, -0.25) is 0 Å². The van der Waals surface area contributed by atoms with Crippen molar-refractivity contribution in [3.63, 3.8) is 0 Å². The third-order valence-electron chi connectivity index (χ3n) is 4.16. The van der Waals surface area contributed by atoms with Gasteiger partial charge in [0.1, 0.15) is 5.82 Å². The number of halogens is 2. The number of anilines is 1. The second-order valence-electron chi connectivity index (χ2n) is 5.64. The van der Waals surface area contributed by atoms with Crippen molar-refractivity contribution in [1.29, 1.82) is 0 Å². The molecule has 1 saturated heterocycles. The molecule has 2 nitrogen and oxygen atoms in total. The molecule has 98 valence electrons. The molecule has 2 aliphatic rings. The van der Waals surface area contributed by atoms with Crippen LogP contribution in [0.25, 0.3) is 0 Å².